The summed E-state index contributed by atoms with van der Waals surface area (Å²) in [5.41, 5.74) is 2.30. The van der Waals surface area contributed by atoms with E-state index in [9.17, 15) is 14.0 Å². The molecule has 0 aliphatic carbocycles. The molecule has 0 saturated heterocycles. The number of carbonyl (C=O) groups is 2. The van der Waals surface area contributed by atoms with E-state index in [1.807, 2.05) is 29.6 Å². The van der Waals surface area contributed by atoms with Crippen LogP contribution in [0.4, 0.5) is 9.52 Å². The van der Waals surface area contributed by atoms with Crippen molar-refractivity contribution in [3.63, 3.8) is 0 Å². The largest absolute Gasteiger partial charge is 0.452 e. The van der Waals surface area contributed by atoms with E-state index in [2.05, 4.69) is 26.2 Å². The molecule has 28 heavy (non-hydrogen) atoms. The number of hydrogen-bond donors (Lipinski definition) is 1. The van der Waals surface area contributed by atoms with Crippen LogP contribution in [0.1, 0.15) is 5.56 Å². The Balaban J connectivity index is 1.49. The van der Waals surface area contributed by atoms with Gasteiger partial charge in [-0.1, -0.05) is 40.2 Å². The van der Waals surface area contributed by atoms with Crippen LogP contribution < -0.4 is 5.32 Å². The number of anilines is 1. The lowest BCUT2D eigenvalue weighted by atomic mass is 10.2. The van der Waals surface area contributed by atoms with Crippen molar-refractivity contribution in [1.82, 2.24) is 4.98 Å². The van der Waals surface area contributed by atoms with Gasteiger partial charge in [-0.25, -0.2) is 14.2 Å². The summed E-state index contributed by atoms with van der Waals surface area (Å²) in [5.74, 6) is -1.52. The second-order valence-corrected chi connectivity index (χ2v) is 7.36. The smallest absolute Gasteiger partial charge is 0.331 e. The monoisotopic (exact) mass is 460 g/mol. The highest BCUT2D eigenvalue weighted by molar-refractivity contribution is 9.10. The number of carbonyl (C=O) groups excluding carboxylic acids is 2. The van der Waals surface area contributed by atoms with Gasteiger partial charge in [-0.15, -0.1) is 11.3 Å². The summed E-state index contributed by atoms with van der Waals surface area (Å²) in [6.07, 6.45) is 2.65. The fraction of sp³-hybridized carbons (Fsp3) is 0.0500. The van der Waals surface area contributed by atoms with Crippen molar-refractivity contribution in [2.75, 3.05) is 11.9 Å². The SMILES string of the molecule is O=C(COC(=O)/C=C/c1ccc(F)cc1)Nc1nc(-c2cccc(Br)c2)cs1. The number of ether oxygens (including phenoxy) is 1. The molecule has 2 aromatic carbocycles. The van der Waals surface area contributed by atoms with Gasteiger partial charge in [0.05, 0.1) is 5.69 Å². The Bertz CT molecular complexity index is 1020. The topological polar surface area (TPSA) is 68.3 Å². The fourth-order valence-corrected chi connectivity index (χ4v) is 3.32. The molecular formula is C20H14BrFN2O3S. The van der Waals surface area contributed by atoms with Crippen LogP contribution in [-0.2, 0) is 14.3 Å². The van der Waals surface area contributed by atoms with Gasteiger partial charge in [0.25, 0.3) is 5.91 Å². The van der Waals surface area contributed by atoms with Gasteiger partial charge < -0.3 is 4.74 Å². The van der Waals surface area contributed by atoms with Gasteiger partial charge in [0.1, 0.15) is 5.82 Å². The molecule has 0 atom stereocenters. The standard InChI is InChI=1S/C20H14BrFN2O3S/c21-15-3-1-2-14(10-15)17-12-28-20(23-17)24-18(25)11-27-19(26)9-6-13-4-7-16(22)8-5-13/h1-10,12H,11H2,(H,23,24,25)/b9-6+. The normalized spacial score (nSPS) is 10.8. The Kier molecular flexibility index (Phi) is 6.67. The molecule has 0 bridgehead atoms. The maximum absolute atomic E-state index is 12.8. The third-order valence-electron chi connectivity index (χ3n) is 3.50. The molecule has 142 valence electrons. The summed E-state index contributed by atoms with van der Waals surface area (Å²) >= 11 is 4.68. The van der Waals surface area contributed by atoms with E-state index in [0.717, 1.165) is 15.7 Å². The zero-order valence-electron chi connectivity index (χ0n) is 14.4. The highest BCUT2D eigenvalue weighted by Crippen LogP contribution is 2.26. The molecule has 3 aromatic rings. The third-order valence-corrected chi connectivity index (χ3v) is 4.75. The number of hydrogen-bond acceptors (Lipinski definition) is 5. The van der Waals surface area contributed by atoms with Crippen LogP contribution >= 0.6 is 27.3 Å². The maximum Gasteiger partial charge on any atom is 0.331 e. The first kappa shape index (κ1) is 19.9. The van der Waals surface area contributed by atoms with Crippen molar-refractivity contribution in [2.45, 2.75) is 0 Å². The lowest BCUT2D eigenvalue weighted by molar-refractivity contribution is -0.142. The number of halogens is 2. The number of nitrogens with zero attached hydrogens (tertiary/aromatic N) is 1. The lowest BCUT2D eigenvalue weighted by Gasteiger charge is -2.02. The summed E-state index contributed by atoms with van der Waals surface area (Å²) in [5, 5.41) is 4.84. The third kappa shape index (κ3) is 5.83. The zero-order valence-corrected chi connectivity index (χ0v) is 16.8. The highest BCUT2D eigenvalue weighted by Gasteiger charge is 2.10. The number of thiazole rings is 1. The second-order valence-electron chi connectivity index (χ2n) is 5.59. The molecule has 5 nitrogen and oxygen atoms in total. The molecule has 0 aliphatic rings. The first-order chi connectivity index (χ1) is 13.5. The van der Waals surface area contributed by atoms with Crippen LogP contribution in [0.5, 0.6) is 0 Å². The van der Waals surface area contributed by atoms with E-state index in [4.69, 9.17) is 4.74 Å². The number of benzene rings is 2. The Morgan fingerprint density at radius 2 is 2.00 bits per heavy atom. The predicted octanol–water partition coefficient (Wildman–Crippen LogP) is 4.91. The number of amides is 1. The molecule has 0 saturated carbocycles. The molecule has 0 radical (unpaired) electrons. The first-order valence-corrected chi connectivity index (χ1v) is 9.78. The molecule has 0 unspecified atom stereocenters. The molecule has 3 rings (SSSR count). The van der Waals surface area contributed by atoms with E-state index in [1.165, 1.54) is 47.8 Å². The van der Waals surface area contributed by atoms with Crippen molar-refractivity contribution in [1.29, 1.82) is 0 Å². The predicted molar refractivity (Wildman–Crippen MR) is 110 cm³/mol. The van der Waals surface area contributed by atoms with Crippen molar-refractivity contribution >= 4 is 50.4 Å². The average Bonchev–Trinajstić information content (AvgIpc) is 3.14. The summed E-state index contributed by atoms with van der Waals surface area (Å²) < 4.78 is 18.6. The van der Waals surface area contributed by atoms with Gasteiger partial charge in [-0.05, 0) is 35.9 Å². The molecule has 0 fully saturated rings. The Labute approximate surface area is 173 Å². The molecule has 1 aromatic heterocycles. The summed E-state index contributed by atoms with van der Waals surface area (Å²) in [7, 11) is 0. The van der Waals surface area contributed by atoms with Crippen molar-refractivity contribution in [3.05, 3.63) is 75.8 Å². The number of esters is 1. The maximum atomic E-state index is 12.8. The van der Waals surface area contributed by atoms with Crippen LogP contribution in [0, 0.1) is 5.82 Å². The molecule has 1 amide bonds. The zero-order chi connectivity index (χ0) is 19.9. The first-order valence-electron chi connectivity index (χ1n) is 8.11. The number of aromatic nitrogens is 1. The molecule has 8 heteroatoms. The van der Waals surface area contributed by atoms with Gasteiger partial charge >= 0.3 is 5.97 Å². The minimum absolute atomic E-state index is 0.360. The van der Waals surface area contributed by atoms with Crippen LogP contribution in [0.2, 0.25) is 0 Å². The van der Waals surface area contributed by atoms with Gasteiger partial charge in [0, 0.05) is 21.5 Å². The van der Waals surface area contributed by atoms with E-state index >= 15 is 0 Å². The van der Waals surface area contributed by atoms with E-state index < -0.39 is 18.5 Å². The second kappa shape index (κ2) is 9.38. The van der Waals surface area contributed by atoms with E-state index in [0.29, 0.717) is 10.7 Å². The van der Waals surface area contributed by atoms with Crippen LogP contribution in [0.15, 0.2) is 64.5 Å². The minimum Gasteiger partial charge on any atom is -0.452 e. The van der Waals surface area contributed by atoms with Crippen LogP contribution in [-0.4, -0.2) is 23.5 Å². The van der Waals surface area contributed by atoms with Gasteiger partial charge in [-0.3, -0.25) is 10.1 Å². The lowest BCUT2D eigenvalue weighted by Crippen LogP contribution is -2.20. The summed E-state index contributed by atoms with van der Waals surface area (Å²) in [6, 6.07) is 13.3. The molecule has 0 aliphatic heterocycles. The number of nitrogens with one attached hydrogen (secondary N) is 1. The Hall–Kier alpha value is -2.84. The molecule has 1 N–H and O–H groups in total. The number of rotatable bonds is 6. The van der Waals surface area contributed by atoms with Gasteiger partial charge in [-0.2, -0.15) is 0 Å². The Morgan fingerprint density at radius 1 is 1.21 bits per heavy atom. The van der Waals surface area contributed by atoms with Crippen molar-refractivity contribution in [2.24, 2.45) is 0 Å². The quantitative estimate of drug-likeness (QED) is 0.419. The van der Waals surface area contributed by atoms with Crippen LogP contribution in [0.25, 0.3) is 17.3 Å². The fourth-order valence-electron chi connectivity index (χ4n) is 2.19. The Morgan fingerprint density at radius 3 is 2.75 bits per heavy atom. The summed E-state index contributed by atoms with van der Waals surface area (Å²) in [4.78, 5) is 28.0. The van der Waals surface area contributed by atoms with Crippen molar-refractivity contribution < 1.29 is 18.7 Å². The highest BCUT2D eigenvalue weighted by atomic mass is 79.9. The molecular weight excluding hydrogens is 447 g/mol. The van der Waals surface area contributed by atoms with Gasteiger partial charge in [0.2, 0.25) is 0 Å². The van der Waals surface area contributed by atoms with Crippen molar-refractivity contribution in [3.8, 4) is 11.3 Å². The summed E-state index contributed by atoms with van der Waals surface area (Å²) in [6.45, 7) is -0.432. The molecule has 1 heterocycles. The van der Waals surface area contributed by atoms with Crippen LogP contribution in [0.3, 0.4) is 0 Å². The van der Waals surface area contributed by atoms with Gasteiger partial charge in [0.15, 0.2) is 11.7 Å². The van der Waals surface area contributed by atoms with E-state index in [-0.39, 0.29) is 5.82 Å². The average molecular weight is 461 g/mol. The van der Waals surface area contributed by atoms with E-state index in [1.54, 1.807) is 0 Å². The molecule has 0 spiro atoms. The minimum atomic E-state index is -0.673.